The molecular weight excluding hydrogens is 412 g/mol. The van der Waals surface area contributed by atoms with Gasteiger partial charge in [-0.2, -0.15) is 0 Å². The van der Waals surface area contributed by atoms with Crippen LogP contribution in [0.2, 0.25) is 0 Å². The number of hydrogen-bond acceptors (Lipinski definition) is 4. The van der Waals surface area contributed by atoms with Crippen LogP contribution in [0.25, 0.3) is 0 Å². The topological polar surface area (TPSA) is 36.9 Å². The van der Waals surface area contributed by atoms with Gasteiger partial charge in [0, 0.05) is 0 Å². The van der Waals surface area contributed by atoms with E-state index in [9.17, 15) is 0 Å². The van der Waals surface area contributed by atoms with Crippen LogP contribution in [0.1, 0.15) is 89.7 Å². The Balaban J connectivity index is 1.44. The fraction of sp³-hybridized carbons (Fsp3) is 0.586. The fourth-order valence-electron chi connectivity index (χ4n) is 4.42. The summed E-state index contributed by atoms with van der Waals surface area (Å²) in [6.45, 7) is 12.1. The van der Waals surface area contributed by atoms with E-state index in [4.69, 9.17) is 18.9 Å². The Hall–Kier alpha value is -2.20. The molecule has 0 bridgehead atoms. The van der Waals surface area contributed by atoms with E-state index in [-0.39, 0.29) is 0 Å². The molecule has 0 saturated heterocycles. The van der Waals surface area contributed by atoms with Crippen molar-refractivity contribution in [2.75, 3.05) is 19.8 Å². The summed E-state index contributed by atoms with van der Waals surface area (Å²) in [6, 6.07) is 14.8. The quantitative estimate of drug-likeness (QED) is 0.243. The molecule has 2 unspecified atom stereocenters. The predicted octanol–water partition coefficient (Wildman–Crippen LogP) is 7.71. The summed E-state index contributed by atoms with van der Waals surface area (Å²) in [5, 5.41) is 0. The van der Waals surface area contributed by atoms with Gasteiger partial charge in [-0.25, -0.2) is 0 Å². The highest BCUT2D eigenvalue weighted by molar-refractivity contribution is 5.44. The van der Waals surface area contributed by atoms with Gasteiger partial charge in [-0.1, -0.05) is 58.2 Å². The molecule has 182 valence electrons. The lowest BCUT2D eigenvalue weighted by Crippen LogP contribution is -2.20. The van der Waals surface area contributed by atoms with E-state index >= 15 is 0 Å². The van der Waals surface area contributed by atoms with Crippen molar-refractivity contribution < 1.29 is 18.9 Å². The van der Waals surface area contributed by atoms with Gasteiger partial charge in [0.1, 0.15) is 12.4 Å². The maximum atomic E-state index is 6.03. The van der Waals surface area contributed by atoms with Crippen LogP contribution in [0.4, 0.5) is 0 Å². The number of benzene rings is 2. The van der Waals surface area contributed by atoms with Gasteiger partial charge in [0.05, 0.1) is 13.2 Å². The van der Waals surface area contributed by atoms with Crippen LogP contribution in [0.3, 0.4) is 0 Å². The summed E-state index contributed by atoms with van der Waals surface area (Å²) >= 11 is 0. The lowest BCUT2D eigenvalue weighted by atomic mass is 9.84. The highest BCUT2D eigenvalue weighted by atomic mass is 16.7. The Bertz CT molecular complexity index is 824. The molecular formula is C29H42O4. The molecule has 1 aliphatic carbocycles. The normalized spacial score (nSPS) is 16.4. The van der Waals surface area contributed by atoms with Gasteiger partial charge >= 0.3 is 0 Å². The Morgan fingerprint density at radius 1 is 0.818 bits per heavy atom. The Labute approximate surface area is 200 Å². The molecule has 4 nitrogen and oxygen atoms in total. The third kappa shape index (κ3) is 7.67. The molecule has 0 aromatic heterocycles. The highest BCUT2D eigenvalue weighted by Gasteiger charge is 2.16. The van der Waals surface area contributed by atoms with Crippen molar-refractivity contribution in [1.82, 2.24) is 0 Å². The lowest BCUT2D eigenvalue weighted by molar-refractivity contribution is -0.0749. The number of rotatable bonds is 12. The highest BCUT2D eigenvalue weighted by Crippen LogP contribution is 2.35. The number of hydrogen-bond donors (Lipinski definition) is 0. The van der Waals surface area contributed by atoms with Crippen molar-refractivity contribution in [2.24, 2.45) is 5.92 Å². The number of ether oxygens (including phenoxy) is 4. The van der Waals surface area contributed by atoms with E-state index in [2.05, 4.69) is 57.2 Å². The Morgan fingerprint density at radius 3 is 2.21 bits per heavy atom. The van der Waals surface area contributed by atoms with Crippen molar-refractivity contribution in [1.29, 1.82) is 0 Å². The third-order valence-corrected chi connectivity index (χ3v) is 6.75. The molecule has 0 amide bonds. The standard InChI is InChI=1S/C29H42O4/c1-6-30-29-20-26(22(4)21(2)3)14-17-28(29)33-23(5)31-18-19-32-27-15-12-25(13-16-27)24-10-8-7-9-11-24/h12-17,20-24H,6-11,18-19H2,1-5H3. The second-order valence-electron chi connectivity index (χ2n) is 9.48. The van der Waals surface area contributed by atoms with Crippen LogP contribution in [0.15, 0.2) is 42.5 Å². The molecule has 2 aromatic carbocycles. The molecule has 0 N–H and O–H groups in total. The lowest BCUT2D eigenvalue weighted by Gasteiger charge is -2.22. The molecule has 0 spiro atoms. The van der Waals surface area contributed by atoms with E-state index in [1.165, 1.54) is 43.2 Å². The van der Waals surface area contributed by atoms with Crippen molar-refractivity contribution in [3.8, 4) is 17.2 Å². The molecule has 0 heterocycles. The summed E-state index contributed by atoms with van der Waals surface area (Å²) in [5.74, 6) is 4.12. The maximum Gasteiger partial charge on any atom is 0.197 e. The van der Waals surface area contributed by atoms with Gasteiger partial charge in [0.25, 0.3) is 0 Å². The van der Waals surface area contributed by atoms with Gasteiger partial charge in [-0.3, -0.25) is 0 Å². The first kappa shape index (κ1) is 25.4. The zero-order valence-electron chi connectivity index (χ0n) is 21.1. The molecule has 0 aliphatic heterocycles. The van der Waals surface area contributed by atoms with E-state index in [0.29, 0.717) is 37.4 Å². The summed E-state index contributed by atoms with van der Waals surface area (Å²) in [6.07, 6.45) is 6.33. The summed E-state index contributed by atoms with van der Waals surface area (Å²) in [4.78, 5) is 0. The van der Waals surface area contributed by atoms with Crippen molar-refractivity contribution in [3.05, 3.63) is 53.6 Å². The summed E-state index contributed by atoms with van der Waals surface area (Å²) in [5.41, 5.74) is 2.71. The SMILES string of the molecule is CCOc1cc(C(C)C(C)C)ccc1OC(C)OCCOc1ccc(C2CCCCC2)cc1. The molecule has 1 aliphatic rings. The fourth-order valence-corrected chi connectivity index (χ4v) is 4.42. The monoisotopic (exact) mass is 454 g/mol. The Kier molecular flexibility index (Phi) is 9.93. The van der Waals surface area contributed by atoms with Crippen LogP contribution >= 0.6 is 0 Å². The molecule has 3 rings (SSSR count). The van der Waals surface area contributed by atoms with Crippen LogP contribution in [0.5, 0.6) is 17.2 Å². The van der Waals surface area contributed by atoms with Gasteiger partial charge in [-0.15, -0.1) is 0 Å². The first-order valence-electron chi connectivity index (χ1n) is 12.8. The largest absolute Gasteiger partial charge is 0.491 e. The van der Waals surface area contributed by atoms with E-state index in [1.54, 1.807) is 0 Å². The average molecular weight is 455 g/mol. The minimum Gasteiger partial charge on any atom is -0.491 e. The minimum atomic E-state index is -0.394. The second kappa shape index (κ2) is 12.9. The minimum absolute atomic E-state index is 0.394. The van der Waals surface area contributed by atoms with E-state index < -0.39 is 6.29 Å². The first-order valence-corrected chi connectivity index (χ1v) is 12.8. The van der Waals surface area contributed by atoms with E-state index in [1.807, 2.05) is 19.9 Å². The molecule has 1 saturated carbocycles. The molecule has 4 heteroatoms. The third-order valence-electron chi connectivity index (χ3n) is 6.75. The molecule has 0 radical (unpaired) electrons. The first-order chi connectivity index (χ1) is 16.0. The molecule has 2 aromatic rings. The van der Waals surface area contributed by atoms with Crippen molar-refractivity contribution in [3.63, 3.8) is 0 Å². The van der Waals surface area contributed by atoms with Crippen LogP contribution < -0.4 is 14.2 Å². The average Bonchev–Trinajstić information content (AvgIpc) is 2.83. The molecule has 2 atom stereocenters. The van der Waals surface area contributed by atoms with Crippen LogP contribution in [-0.2, 0) is 4.74 Å². The Morgan fingerprint density at radius 2 is 1.55 bits per heavy atom. The van der Waals surface area contributed by atoms with E-state index in [0.717, 1.165) is 17.4 Å². The van der Waals surface area contributed by atoms with Gasteiger partial charge in [-0.05, 0) is 79.8 Å². The van der Waals surface area contributed by atoms with Crippen LogP contribution in [0, 0.1) is 5.92 Å². The molecule has 33 heavy (non-hydrogen) atoms. The van der Waals surface area contributed by atoms with Crippen molar-refractivity contribution >= 4 is 0 Å². The zero-order valence-corrected chi connectivity index (χ0v) is 21.1. The van der Waals surface area contributed by atoms with Crippen molar-refractivity contribution in [2.45, 2.75) is 84.8 Å². The smallest absolute Gasteiger partial charge is 0.197 e. The summed E-state index contributed by atoms with van der Waals surface area (Å²) in [7, 11) is 0. The summed E-state index contributed by atoms with van der Waals surface area (Å²) < 4.78 is 23.6. The molecule has 1 fully saturated rings. The predicted molar refractivity (Wildman–Crippen MR) is 135 cm³/mol. The maximum absolute atomic E-state index is 6.03. The second-order valence-corrected chi connectivity index (χ2v) is 9.48. The van der Waals surface area contributed by atoms with Gasteiger partial charge in [0.2, 0.25) is 0 Å². The van der Waals surface area contributed by atoms with Gasteiger partial charge < -0.3 is 18.9 Å². The van der Waals surface area contributed by atoms with Gasteiger partial charge in [0.15, 0.2) is 17.8 Å². The zero-order chi connectivity index (χ0) is 23.6. The van der Waals surface area contributed by atoms with Crippen LogP contribution in [-0.4, -0.2) is 26.1 Å².